The van der Waals surface area contributed by atoms with Crippen molar-refractivity contribution in [2.75, 3.05) is 39.4 Å². The van der Waals surface area contributed by atoms with Crippen LogP contribution in [-0.4, -0.2) is 60.6 Å². The molecule has 1 saturated carbocycles. The van der Waals surface area contributed by atoms with Crippen LogP contribution in [0.2, 0.25) is 0 Å². The molecule has 4 aliphatic rings. The predicted molar refractivity (Wildman–Crippen MR) is 81.0 cm³/mol. The number of hydrogen-bond acceptors (Lipinski definition) is 3. The normalized spacial score (nSPS) is 33.2. The van der Waals surface area contributed by atoms with E-state index >= 15 is 0 Å². The third-order valence-electron chi connectivity index (χ3n) is 6.14. The Bertz CT molecular complexity index is 394. The minimum Gasteiger partial charge on any atom is -0.381 e. The Morgan fingerprint density at radius 1 is 1.05 bits per heavy atom. The second-order valence-electron chi connectivity index (χ2n) is 7.70. The van der Waals surface area contributed by atoms with Gasteiger partial charge in [-0.15, -0.1) is 0 Å². The van der Waals surface area contributed by atoms with E-state index in [1.807, 2.05) is 0 Å². The summed E-state index contributed by atoms with van der Waals surface area (Å²) in [6, 6.07) is 0. The number of rotatable bonds is 4. The summed E-state index contributed by atoms with van der Waals surface area (Å²) >= 11 is 0. The zero-order chi connectivity index (χ0) is 14.3. The zero-order valence-electron chi connectivity index (χ0n) is 13.1. The fourth-order valence-electron chi connectivity index (χ4n) is 4.49. The van der Waals surface area contributed by atoms with Crippen molar-refractivity contribution in [3.8, 4) is 0 Å². The standard InChI is InChI=1S/C17H28N2O2/c20-16-3-5-17(19(16)12-14-1-2-14)6-8-18(9-7-17)11-15-4-10-21-13-15/h14-15H,1-13H2/t15-/m0/s1. The van der Waals surface area contributed by atoms with Crippen molar-refractivity contribution < 1.29 is 9.53 Å². The van der Waals surface area contributed by atoms with E-state index in [2.05, 4.69) is 9.80 Å². The van der Waals surface area contributed by atoms with Gasteiger partial charge in [-0.25, -0.2) is 0 Å². The molecule has 118 valence electrons. The molecule has 3 aliphatic heterocycles. The molecule has 21 heavy (non-hydrogen) atoms. The smallest absolute Gasteiger partial charge is 0.223 e. The Hall–Kier alpha value is -0.610. The average Bonchev–Trinajstić information content (AvgIpc) is 3.09. The Morgan fingerprint density at radius 2 is 1.86 bits per heavy atom. The first kappa shape index (κ1) is 14.0. The first-order valence-corrected chi connectivity index (χ1v) is 8.86. The Morgan fingerprint density at radius 3 is 2.52 bits per heavy atom. The van der Waals surface area contributed by atoms with Gasteiger partial charge in [0, 0.05) is 44.7 Å². The third-order valence-corrected chi connectivity index (χ3v) is 6.14. The molecule has 1 spiro atoms. The zero-order valence-corrected chi connectivity index (χ0v) is 13.1. The number of ether oxygens (including phenoxy) is 1. The molecule has 3 saturated heterocycles. The quantitative estimate of drug-likeness (QED) is 0.793. The van der Waals surface area contributed by atoms with Gasteiger partial charge in [-0.3, -0.25) is 4.79 Å². The van der Waals surface area contributed by atoms with Crippen LogP contribution in [0.5, 0.6) is 0 Å². The van der Waals surface area contributed by atoms with Crippen LogP contribution in [0.1, 0.15) is 44.9 Å². The first-order chi connectivity index (χ1) is 10.3. The molecule has 4 nitrogen and oxygen atoms in total. The summed E-state index contributed by atoms with van der Waals surface area (Å²) in [5.41, 5.74) is 0.225. The highest BCUT2D eigenvalue weighted by Crippen LogP contribution is 2.42. The van der Waals surface area contributed by atoms with Gasteiger partial charge in [-0.2, -0.15) is 0 Å². The Labute approximate surface area is 127 Å². The summed E-state index contributed by atoms with van der Waals surface area (Å²) in [7, 11) is 0. The molecular formula is C17H28N2O2. The summed E-state index contributed by atoms with van der Waals surface area (Å²) in [5.74, 6) is 1.99. The lowest BCUT2D eigenvalue weighted by molar-refractivity contribution is -0.132. The van der Waals surface area contributed by atoms with Gasteiger partial charge in [0.05, 0.1) is 6.61 Å². The predicted octanol–water partition coefficient (Wildman–Crippen LogP) is 1.89. The molecule has 0 aromatic heterocycles. The van der Waals surface area contributed by atoms with Crippen LogP contribution in [0.25, 0.3) is 0 Å². The minimum atomic E-state index is 0.225. The SMILES string of the molecule is O=C1CCC2(CCN(C[C@@H]3CCOC3)CC2)N1CC1CC1. The van der Waals surface area contributed by atoms with Crippen molar-refractivity contribution in [3.05, 3.63) is 0 Å². The molecule has 0 aromatic rings. The average molecular weight is 292 g/mol. The molecule has 1 amide bonds. The van der Waals surface area contributed by atoms with Gasteiger partial charge in [-0.1, -0.05) is 0 Å². The van der Waals surface area contributed by atoms with E-state index in [-0.39, 0.29) is 5.54 Å². The van der Waals surface area contributed by atoms with Gasteiger partial charge in [0.1, 0.15) is 0 Å². The van der Waals surface area contributed by atoms with Gasteiger partial charge >= 0.3 is 0 Å². The van der Waals surface area contributed by atoms with E-state index in [4.69, 9.17) is 4.74 Å². The maximum absolute atomic E-state index is 12.3. The van der Waals surface area contributed by atoms with E-state index in [0.717, 1.165) is 44.4 Å². The van der Waals surface area contributed by atoms with Crippen LogP contribution >= 0.6 is 0 Å². The molecule has 0 N–H and O–H groups in total. The molecule has 0 bridgehead atoms. The van der Waals surface area contributed by atoms with Crippen LogP contribution in [0.3, 0.4) is 0 Å². The van der Waals surface area contributed by atoms with Crippen molar-refractivity contribution in [2.45, 2.75) is 50.5 Å². The van der Waals surface area contributed by atoms with E-state index in [9.17, 15) is 4.79 Å². The lowest BCUT2D eigenvalue weighted by Crippen LogP contribution is -2.54. The highest BCUT2D eigenvalue weighted by molar-refractivity contribution is 5.79. The molecule has 0 aromatic carbocycles. The summed E-state index contributed by atoms with van der Waals surface area (Å²) in [5, 5.41) is 0. The maximum Gasteiger partial charge on any atom is 0.223 e. The number of likely N-dealkylation sites (tertiary alicyclic amines) is 2. The minimum absolute atomic E-state index is 0.225. The van der Waals surface area contributed by atoms with Crippen LogP contribution in [-0.2, 0) is 9.53 Å². The summed E-state index contributed by atoms with van der Waals surface area (Å²) in [4.78, 5) is 17.2. The Kier molecular flexibility index (Phi) is 3.70. The molecule has 0 radical (unpaired) electrons. The summed E-state index contributed by atoms with van der Waals surface area (Å²) in [6.45, 7) is 6.50. The second kappa shape index (κ2) is 5.54. The second-order valence-corrected chi connectivity index (χ2v) is 7.70. The van der Waals surface area contributed by atoms with Crippen molar-refractivity contribution in [1.82, 2.24) is 9.80 Å². The molecule has 3 heterocycles. The van der Waals surface area contributed by atoms with Crippen LogP contribution in [0.15, 0.2) is 0 Å². The summed E-state index contributed by atoms with van der Waals surface area (Å²) < 4.78 is 5.49. The number of piperidine rings is 1. The van der Waals surface area contributed by atoms with Crippen molar-refractivity contribution in [1.29, 1.82) is 0 Å². The molecule has 4 fully saturated rings. The van der Waals surface area contributed by atoms with Gasteiger partial charge < -0.3 is 14.5 Å². The lowest BCUT2D eigenvalue weighted by Gasteiger charge is -2.45. The third kappa shape index (κ3) is 2.85. The fourth-order valence-corrected chi connectivity index (χ4v) is 4.49. The maximum atomic E-state index is 12.3. The van der Waals surface area contributed by atoms with Gasteiger partial charge in [0.25, 0.3) is 0 Å². The number of amides is 1. The van der Waals surface area contributed by atoms with Gasteiger partial charge in [-0.05, 0) is 50.4 Å². The highest BCUT2D eigenvalue weighted by Gasteiger charge is 2.48. The molecular weight excluding hydrogens is 264 g/mol. The molecule has 4 rings (SSSR count). The number of carbonyl (C=O) groups is 1. The van der Waals surface area contributed by atoms with Gasteiger partial charge in [0.15, 0.2) is 0 Å². The molecule has 1 atom stereocenters. The number of carbonyl (C=O) groups excluding carboxylic acids is 1. The van der Waals surface area contributed by atoms with Gasteiger partial charge in [0.2, 0.25) is 5.91 Å². The van der Waals surface area contributed by atoms with Crippen molar-refractivity contribution >= 4 is 5.91 Å². The molecule has 0 unspecified atom stereocenters. The van der Waals surface area contributed by atoms with Crippen molar-refractivity contribution in [2.24, 2.45) is 11.8 Å². The van der Waals surface area contributed by atoms with Crippen LogP contribution < -0.4 is 0 Å². The molecule has 4 heteroatoms. The van der Waals surface area contributed by atoms with E-state index in [1.165, 1.54) is 51.7 Å². The van der Waals surface area contributed by atoms with Crippen LogP contribution in [0, 0.1) is 11.8 Å². The van der Waals surface area contributed by atoms with E-state index in [0.29, 0.717) is 5.91 Å². The van der Waals surface area contributed by atoms with E-state index in [1.54, 1.807) is 0 Å². The largest absolute Gasteiger partial charge is 0.381 e. The fraction of sp³-hybridized carbons (Fsp3) is 0.941. The number of nitrogens with zero attached hydrogens (tertiary/aromatic N) is 2. The summed E-state index contributed by atoms with van der Waals surface area (Å²) in [6.07, 6.45) is 8.20. The van der Waals surface area contributed by atoms with E-state index < -0.39 is 0 Å². The lowest BCUT2D eigenvalue weighted by atomic mass is 9.84. The van der Waals surface area contributed by atoms with Crippen LogP contribution in [0.4, 0.5) is 0 Å². The Balaban J connectivity index is 1.35. The number of hydrogen-bond donors (Lipinski definition) is 0. The highest BCUT2D eigenvalue weighted by atomic mass is 16.5. The monoisotopic (exact) mass is 292 g/mol. The first-order valence-electron chi connectivity index (χ1n) is 8.86. The molecule has 1 aliphatic carbocycles. The topological polar surface area (TPSA) is 32.8 Å². The van der Waals surface area contributed by atoms with Crippen molar-refractivity contribution in [3.63, 3.8) is 0 Å².